The molecule has 2 unspecified atom stereocenters. The molecule has 2 atom stereocenters. The van der Waals surface area contributed by atoms with Crippen molar-refractivity contribution in [2.45, 2.75) is 51.5 Å². The number of ether oxygens (including phenoxy) is 1. The number of aliphatic hydroxyl groups excluding tert-OH is 1. The molecule has 3 nitrogen and oxygen atoms in total. The van der Waals surface area contributed by atoms with Gasteiger partial charge in [-0.15, -0.1) is 11.3 Å². The van der Waals surface area contributed by atoms with Gasteiger partial charge in [0.25, 0.3) is 0 Å². The maximum absolute atomic E-state index is 10.5. The van der Waals surface area contributed by atoms with Crippen LogP contribution in [0.2, 0.25) is 4.34 Å². The SMILES string of the molecule is CN(Cc1ccc(Cl)s1)CC1C(O)C(C)(C)OC1(C)C. The predicted octanol–water partition coefficient (Wildman–Crippen LogP) is 3.40. The van der Waals surface area contributed by atoms with Gasteiger partial charge < -0.3 is 14.7 Å². The highest BCUT2D eigenvalue weighted by Crippen LogP contribution is 2.42. The van der Waals surface area contributed by atoms with E-state index in [-0.39, 0.29) is 11.5 Å². The number of hydrogen-bond acceptors (Lipinski definition) is 4. The number of hydrogen-bond donors (Lipinski definition) is 1. The largest absolute Gasteiger partial charge is 0.390 e. The first-order valence-corrected chi connectivity index (χ1v) is 8.12. The van der Waals surface area contributed by atoms with E-state index in [0.717, 1.165) is 17.4 Å². The summed E-state index contributed by atoms with van der Waals surface area (Å²) in [4.78, 5) is 3.46. The van der Waals surface area contributed by atoms with Gasteiger partial charge in [0, 0.05) is 23.9 Å². The molecule has 0 radical (unpaired) electrons. The van der Waals surface area contributed by atoms with Crippen LogP contribution in [0.15, 0.2) is 12.1 Å². The standard InChI is InChI=1S/C15H24ClNO2S/c1-14(2)11(13(18)15(3,4)19-14)9-17(5)8-10-6-7-12(16)20-10/h6-7,11,13,18H,8-9H2,1-5H3. The van der Waals surface area contributed by atoms with Gasteiger partial charge >= 0.3 is 0 Å². The van der Waals surface area contributed by atoms with Gasteiger partial charge in [0.05, 0.1) is 21.6 Å². The Morgan fingerprint density at radius 3 is 2.40 bits per heavy atom. The van der Waals surface area contributed by atoms with E-state index in [0.29, 0.717) is 0 Å². The zero-order chi connectivity index (χ0) is 15.1. The van der Waals surface area contributed by atoms with Crippen LogP contribution in [0, 0.1) is 5.92 Å². The molecule has 0 amide bonds. The lowest BCUT2D eigenvalue weighted by Gasteiger charge is -2.30. The minimum absolute atomic E-state index is 0.0953. The summed E-state index contributed by atoms with van der Waals surface area (Å²) in [6.45, 7) is 9.68. The highest BCUT2D eigenvalue weighted by molar-refractivity contribution is 7.16. The van der Waals surface area contributed by atoms with Gasteiger partial charge in [0.1, 0.15) is 0 Å². The fourth-order valence-corrected chi connectivity index (χ4v) is 4.27. The van der Waals surface area contributed by atoms with Crippen LogP contribution in [-0.2, 0) is 11.3 Å². The van der Waals surface area contributed by atoms with Gasteiger partial charge in [-0.25, -0.2) is 0 Å². The molecule has 114 valence electrons. The second-order valence-electron chi connectivity index (χ2n) is 6.76. The Morgan fingerprint density at radius 1 is 1.30 bits per heavy atom. The van der Waals surface area contributed by atoms with Crippen molar-refractivity contribution in [3.63, 3.8) is 0 Å². The summed E-state index contributed by atoms with van der Waals surface area (Å²) in [6, 6.07) is 3.98. The number of nitrogens with zero attached hydrogens (tertiary/aromatic N) is 1. The monoisotopic (exact) mass is 317 g/mol. The number of aliphatic hydroxyl groups is 1. The number of thiophene rings is 1. The Hall–Kier alpha value is -0.130. The third kappa shape index (κ3) is 3.37. The maximum atomic E-state index is 10.5. The van der Waals surface area contributed by atoms with Crippen LogP contribution in [0.3, 0.4) is 0 Å². The van der Waals surface area contributed by atoms with Crippen LogP contribution in [0.25, 0.3) is 0 Å². The van der Waals surface area contributed by atoms with E-state index < -0.39 is 11.7 Å². The first kappa shape index (κ1) is 16.2. The highest BCUT2D eigenvalue weighted by atomic mass is 35.5. The van der Waals surface area contributed by atoms with Crippen molar-refractivity contribution < 1.29 is 9.84 Å². The van der Waals surface area contributed by atoms with E-state index >= 15 is 0 Å². The lowest BCUT2D eigenvalue weighted by atomic mass is 9.84. The van der Waals surface area contributed by atoms with Gasteiger partial charge in [-0.2, -0.15) is 0 Å². The van der Waals surface area contributed by atoms with Gasteiger partial charge in [-0.1, -0.05) is 11.6 Å². The Balaban J connectivity index is 2.01. The minimum atomic E-state index is -0.485. The van der Waals surface area contributed by atoms with Crippen LogP contribution in [0.5, 0.6) is 0 Å². The average molecular weight is 318 g/mol. The molecule has 0 spiro atoms. The van der Waals surface area contributed by atoms with E-state index in [9.17, 15) is 5.11 Å². The predicted molar refractivity (Wildman–Crippen MR) is 84.4 cm³/mol. The molecular formula is C15H24ClNO2S. The summed E-state index contributed by atoms with van der Waals surface area (Å²) in [6.07, 6.45) is -0.452. The molecule has 0 saturated carbocycles. The summed E-state index contributed by atoms with van der Waals surface area (Å²) < 4.78 is 6.84. The lowest BCUT2D eigenvalue weighted by molar-refractivity contribution is -0.0912. The Bertz CT molecular complexity index is 472. The molecule has 1 aliphatic rings. The summed E-state index contributed by atoms with van der Waals surface area (Å²) in [5.41, 5.74) is -0.800. The lowest BCUT2D eigenvalue weighted by Crippen LogP contribution is -2.42. The third-order valence-corrected chi connectivity index (χ3v) is 5.29. The molecular weight excluding hydrogens is 294 g/mol. The van der Waals surface area contributed by atoms with Gasteiger partial charge in [0.15, 0.2) is 0 Å². The number of halogens is 1. The molecule has 0 aliphatic carbocycles. The second kappa shape index (κ2) is 5.58. The average Bonchev–Trinajstić information content (AvgIpc) is 2.74. The van der Waals surface area contributed by atoms with Crippen LogP contribution < -0.4 is 0 Å². The van der Waals surface area contributed by atoms with Gasteiger partial charge in [0.2, 0.25) is 0 Å². The molecule has 20 heavy (non-hydrogen) atoms. The van der Waals surface area contributed by atoms with Crippen LogP contribution in [0.4, 0.5) is 0 Å². The van der Waals surface area contributed by atoms with E-state index in [4.69, 9.17) is 16.3 Å². The molecule has 1 fully saturated rings. The van der Waals surface area contributed by atoms with E-state index in [1.54, 1.807) is 11.3 Å². The van der Waals surface area contributed by atoms with Crippen LogP contribution >= 0.6 is 22.9 Å². The normalized spacial score (nSPS) is 28.2. The zero-order valence-electron chi connectivity index (χ0n) is 12.8. The molecule has 1 aromatic rings. The molecule has 0 bridgehead atoms. The smallest absolute Gasteiger partial charge is 0.0931 e. The van der Waals surface area contributed by atoms with Crippen molar-refractivity contribution in [3.05, 3.63) is 21.3 Å². The zero-order valence-corrected chi connectivity index (χ0v) is 14.4. The van der Waals surface area contributed by atoms with Crippen molar-refractivity contribution in [3.8, 4) is 0 Å². The van der Waals surface area contributed by atoms with E-state index in [1.807, 2.05) is 19.9 Å². The van der Waals surface area contributed by atoms with Crippen LogP contribution in [0.1, 0.15) is 32.6 Å². The second-order valence-corrected chi connectivity index (χ2v) is 8.56. The Labute approximate surface area is 130 Å². The quantitative estimate of drug-likeness (QED) is 0.924. The minimum Gasteiger partial charge on any atom is -0.390 e. The van der Waals surface area contributed by atoms with Crippen molar-refractivity contribution >= 4 is 22.9 Å². The fraction of sp³-hybridized carbons (Fsp3) is 0.733. The van der Waals surface area contributed by atoms with Crippen molar-refractivity contribution in [1.29, 1.82) is 0 Å². The van der Waals surface area contributed by atoms with Gasteiger partial charge in [-0.05, 0) is 46.9 Å². The molecule has 5 heteroatoms. The first-order valence-electron chi connectivity index (χ1n) is 6.93. The summed E-state index contributed by atoms with van der Waals surface area (Å²) in [5.74, 6) is 0.0953. The highest BCUT2D eigenvalue weighted by Gasteiger charge is 2.53. The Kier molecular flexibility index (Phi) is 4.53. The fourth-order valence-electron chi connectivity index (χ4n) is 3.10. The van der Waals surface area contributed by atoms with Crippen molar-refractivity contribution in [1.82, 2.24) is 4.90 Å². The van der Waals surface area contributed by atoms with Crippen molar-refractivity contribution in [2.24, 2.45) is 5.92 Å². The Morgan fingerprint density at radius 2 is 1.95 bits per heavy atom. The summed E-state index contributed by atoms with van der Waals surface area (Å²) >= 11 is 7.56. The van der Waals surface area contributed by atoms with Crippen molar-refractivity contribution in [2.75, 3.05) is 13.6 Å². The van der Waals surface area contributed by atoms with Crippen LogP contribution in [-0.4, -0.2) is 40.9 Å². The van der Waals surface area contributed by atoms with E-state index in [1.165, 1.54) is 4.88 Å². The molecule has 0 aromatic carbocycles. The summed E-state index contributed by atoms with van der Waals surface area (Å²) in [7, 11) is 2.07. The maximum Gasteiger partial charge on any atom is 0.0931 e. The summed E-state index contributed by atoms with van der Waals surface area (Å²) in [5, 5.41) is 10.5. The molecule has 2 heterocycles. The molecule has 1 aliphatic heterocycles. The van der Waals surface area contributed by atoms with E-state index in [2.05, 4.69) is 31.9 Å². The number of rotatable bonds is 4. The first-order chi connectivity index (χ1) is 9.12. The molecule has 1 saturated heterocycles. The topological polar surface area (TPSA) is 32.7 Å². The van der Waals surface area contributed by atoms with Gasteiger partial charge in [-0.3, -0.25) is 0 Å². The molecule has 1 aromatic heterocycles. The molecule has 2 rings (SSSR count). The third-order valence-electron chi connectivity index (χ3n) is 4.08. The molecule has 1 N–H and O–H groups in total.